The van der Waals surface area contributed by atoms with Gasteiger partial charge in [-0.05, 0) is 49.6 Å². The van der Waals surface area contributed by atoms with Crippen molar-refractivity contribution in [1.29, 1.82) is 0 Å². The van der Waals surface area contributed by atoms with E-state index in [0.29, 0.717) is 12.6 Å². The second-order valence-corrected chi connectivity index (χ2v) is 6.13. The first-order valence-corrected chi connectivity index (χ1v) is 7.95. The van der Waals surface area contributed by atoms with E-state index in [9.17, 15) is 8.78 Å². The Morgan fingerprint density at radius 2 is 1.91 bits per heavy atom. The van der Waals surface area contributed by atoms with Gasteiger partial charge in [0.1, 0.15) is 0 Å². The van der Waals surface area contributed by atoms with E-state index in [0.717, 1.165) is 42.9 Å². The van der Waals surface area contributed by atoms with Crippen LogP contribution in [0.2, 0.25) is 0 Å². The third-order valence-corrected chi connectivity index (χ3v) is 4.25. The highest BCUT2D eigenvalue weighted by atomic mass is 19.2. The van der Waals surface area contributed by atoms with E-state index < -0.39 is 11.6 Å². The van der Waals surface area contributed by atoms with Gasteiger partial charge >= 0.3 is 0 Å². The second-order valence-electron chi connectivity index (χ2n) is 6.13. The molecule has 0 saturated carbocycles. The molecule has 3 nitrogen and oxygen atoms in total. The van der Waals surface area contributed by atoms with Crippen molar-refractivity contribution in [1.82, 2.24) is 9.88 Å². The predicted octanol–water partition coefficient (Wildman–Crippen LogP) is 3.74. The Hall–Kier alpha value is -2.01. The number of aryl methyl sites for hydroxylation is 1. The fourth-order valence-electron chi connectivity index (χ4n) is 3.00. The average molecular weight is 317 g/mol. The van der Waals surface area contributed by atoms with Crippen LogP contribution >= 0.6 is 0 Å². The molecule has 2 aromatic rings. The minimum Gasteiger partial charge on any atom is -0.382 e. The normalized spacial score (nSPS) is 16.5. The van der Waals surface area contributed by atoms with E-state index in [1.807, 2.05) is 25.3 Å². The largest absolute Gasteiger partial charge is 0.382 e. The monoisotopic (exact) mass is 317 g/mol. The first-order chi connectivity index (χ1) is 11.1. The Bertz CT molecular complexity index is 667. The Morgan fingerprint density at radius 1 is 1.13 bits per heavy atom. The third kappa shape index (κ3) is 4.26. The van der Waals surface area contributed by atoms with Crippen LogP contribution < -0.4 is 5.32 Å². The number of hydrogen-bond acceptors (Lipinski definition) is 3. The first-order valence-electron chi connectivity index (χ1n) is 7.95. The lowest BCUT2D eigenvalue weighted by Crippen LogP contribution is -2.38. The summed E-state index contributed by atoms with van der Waals surface area (Å²) < 4.78 is 26.2. The van der Waals surface area contributed by atoms with Crippen LogP contribution in [0.5, 0.6) is 0 Å². The molecule has 2 heterocycles. The van der Waals surface area contributed by atoms with E-state index >= 15 is 0 Å². The van der Waals surface area contributed by atoms with Crippen molar-refractivity contribution in [3.8, 4) is 0 Å². The van der Waals surface area contributed by atoms with Crippen LogP contribution in [0.3, 0.4) is 0 Å². The van der Waals surface area contributed by atoms with Gasteiger partial charge in [0.05, 0.1) is 0 Å². The highest BCUT2D eigenvalue weighted by molar-refractivity contribution is 5.43. The molecule has 1 aromatic carbocycles. The lowest BCUT2D eigenvalue weighted by atomic mass is 10.0. The van der Waals surface area contributed by atoms with Crippen molar-refractivity contribution < 1.29 is 8.78 Å². The van der Waals surface area contributed by atoms with Crippen LogP contribution in [0.1, 0.15) is 24.1 Å². The highest BCUT2D eigenvalue weighted by Gasteiger charge is 2.19. The molecule has 122 valence electrons. The van der Waals surface area contributed by atoms with Gasteiger partial charge in [-0.3, -0.25) is 9.88 Å². The molecule has 1 N–H and O–H groups in total. The summed E-state index contributed by atoms with van der Waals surface area (Å²) in [4.78, 5) is 6.48. The molecule has 0 bridgehead atoms. The van der Waals surface area contributed by atoms with E-state index in [1.54, 1.807) is 6.07 Å². The van der Waals surface area contributed by atoms with E-state index in [1.165, 1.54) is 12.1 Å². The summed E-state index contributed by atoms with van der Waals surface area (Å²) in [7, 11) is 0. The van der Waals surface area contributed by atoms with Crippen molar-refractivity contribution in [2.24, 2.45) is 0 Å². The van der Waals surface area contributed by atoms with Gasteiger partial charge in [0.2, 0.25) is 0 Å². The summed E-state index contributed by atoms with van der Waals surface area (Å²) >= 11 is 0. The fraction of sp³-hybridized carbons (Fsp3) is 0.389. The van der Waals surface area contributed by atoms with Crippen molar-refractivity contribution in [2.75, 3.05) is 18.4 Å². The van der Waals surface area contributed by atoms with Crippen molar-refractivity contribution >= 4 is 5.69 Å². The number of pyridine rings is 1. The summed E-state index contributed by atoms with van der Waals surface area (Å²) in [6, 6.07) is 8.62. The van der Waals surface area contributed by atoms with Gasteiger partial charge in [-0.25, -0.2) is 8.78 Å². The molecule has 0 spiro atoms. The van der Waals surface area contributed by atoms with Crippen LogP contribution in [0.25, 0.3) is 0 Å². The summed E-state index contributed by atoms with van der Waals surface area (Å²) in [6.07, 6.45) is 3.88. The van der Waals surface area contributed by atoms with Crippen molar-refractivity contribution in [3.63, 3.8) is 0 Å². The summed E-state index contributed by atoms with van der Waals surface area (Å²) in [5.74, 6) is -1.56. The number of piperidine rings is 1. The maximum absolute atomic E-state index is 13.3. The van der Waals surface area contributed by atoms with Crippen LogP contribution in [0.4, 0.5) is 14.5 Å². The topological polar surface area (TPSA) is 28.2 Å². The number of aromatic nitrogens is 1. The molecule has 5 heteroatoms. The van der Waals surface area contributed by atoms with Gasteiger partial charge in [0, 0.05) is 43.3 Å². The lowest BCUT2D eigenvalue weighted by Gasteiger charge is -2.33. The van der Waals surface area contributed by atoms with Gasteiger partial charge in [-0.15, -0.1) is 0 Å². The number of hydrogen-bond donors (Lipinski definition) is 1. The minimum absolute atomic E-state index is 0.443. The quantitative estimate of drug-likeness (QED) is 0.931. The maximum atomic E-state index is 13.3. The number of nitrogens with one attached hydrogen (secondary N) is 1. The molecule has 0 aliphatic carbocycles. The van der Waals surface area contributed by atoms with E-state index in [-0.39, 0.29) is 0 Å². The molecule has 1 aliphatic heterocycles. The molecule has 3 rings (SSSR count). The van der Waals surface area contributed by atoms with Crippen molar-refractivity contribution in [3.05, 3.63) is 59.4 Å². The van der Waals surface area contributed by atoms with Crippen LogP contribution in [0.15, 0.2) is 36.5 Å². The molecule has 0 radical (unpaired) electrons. The minimum atomic E-state index is -0.788. The Labute approximate surface area is 135 Å². The van der Waals surface area contributed by atoms with E-state index in [2.05, 4.69) is 15.2 Å². The number of rotatable bonds is 4. The molecule has 0 unspecified atom stereocenters. The number of nitrogens with zero attached hydrogens (tertiary/aromatic N) is 2. The van der Waals surface area contributed by atoms with Gasteiger partial charge in [0.15, 0.2) is 11.6 Å². The zero-order valence-electron chi connectivity index (χ0n) is 13.2. The standard InChI is InChI=1S/C18H21F2N3/c1-13-10-16(4-7-21-13)22-15-5-8-23(9-6-15)12-14-2-3-17(19)18(20)11-14/h2-4,7,10-11,15H,5-6,8-9,12H2,1H3,(H,21,22). The van der Waals surface area contributed by atoms with E-state index in [4.69, 9.17) is 0 Å². The number of halogens is 2. The molecule has 23 heavy (non-hydrogen) atoms. The fourth-order valence-corrected chi connectivity index (χ4v) is 3.00. The molecule has 1 saturated heterocycles. The lowest BCUT2D eigenvalue weighted by molar-refractivity contribution is 0.211. The zero-order valence-corrected chi connectivity index (χ0v) is 13.2. The van der Waals surface area contributed by atoms with Gasteiger partial charge in [-0.2, -0.15) is 0 Å². The second kappa shape index (κ2) is 7.04. The van der Waals surface area contributed by atoms with Crippen LogP contribution in [0, 0.1) is 18.6 Å². The first kappa shape index (κ1) is 15.9. The molecular weight excluding hydrogens is 296 g/mol. The predicted molar refractivity (Wildman–Crippen MR) is 87.3 cm³/mol. The summed E-state index contributed by atoms with van der Waals surface area (Å²) in [5, 5.41) is 3.55. The Balaban J connectivity index is 1.51. The van der Waals surface area contributed by atoms with Crippen molar-refractivity contribution in [2.45, 2.75) is 32.4 Å². The van der Waals surface area contributed by atoms with Gasteiger partial charge in [-0.1, -0.05) is 6.07 Å². The van der Waals surface area contributed by atoms with Crippen LogP contribution in [-0.2, 0) is 6.54 Å². The Kier molecular flexibility index (Phi) is 4.86. The molecule has 0 amide bonds. The maximum Gasteiger partial charge on any atom is 0.159 e. The molecule has 1 aromatic heterocycles. The molecular formula is C18H21F2N3. The molecule has 0 atom stereocenters. The Morgan fingerprint density at radius 3 is 2.61 bits per heavy atom. The zero-order chi connectivity index (χ0) is 16.2. The smallest absolute Gasteiger partial charge is 0.159 e. The molecule has 1 fully saturated rings. The number of anilines is 1. The third-order valence-electron chi connectivity index (χ3n) is 4.25. The summed E-state index contributed by atoms with van der Waals surface area (Å²) in [5.41, 5.74) is 2.93. The van der Waals surface area contributed by atoms with Gasteiger partial charge < -0.3 is 5.32 Å². The highest BCUT2D eigenvalue weighted by Crippen LogP contribution is 2.19. The van der Waals surface area contributed by atoms with Crippen LogP contribution in [-0.4, -0.2) is 29.0 Å². The SMILES string of the molecule is Cc1cc(NC2CCN(Cc3ccc(F)c(F)c3)CC2)ccn1. The summed E-state index contributed by atoms with van der Waals surface area (Å²) in [6.45, 7) is 4.54. The average Bonchev–Trinajstić information content (AvgIpc) is 2.53. The number of benzene rings is 1. The molecule has 1 aliphatic rings. The van der Waals surface area contributed by atoms with Gasteiger partial charge in [0.25, 0.3) is 0 Å². The number of likely N-dealkylation sites (tertiary alicyclic amines) is 1.